The van der Waals surface area contributed by atoms with Gasteiger partial charge in [-0.25, -0.2) is 0 Å². The van der Waals surface area contributed by atoms with Gasteiger partial charge in [-0.05, 0) is 48.5 Å². The predicted molar refractivity (Wildman–Crippen MR) is 93.2 cm³/mol. The number of rotatable bonds is 9. The predicted octanol–water partition coefficient (Wildman–Crippen LogP) is 0.788. The van der Waals surface area contributed by atoms with Gasteiger partial charge in [0, 0.05) is 13.1 Å². The molecule has 0 fully saturated rings. The van der Waals surface area contributed by atoms with Crippen LogP contribution in [0.1, 0.15) is 0 Å². The Balaban J connectivity index is 1.53. The number of phenols is 2. The molecule has 0 radical (unpaired) electrons. The molecule has 0 spiro atoms. The van der Waals surface area contributed by atoms with Gasteiger partial charge < -0.3 is 30.3 Å². The van der Waals surface area contributed by atoms with Crippen LogP contribution in [0.2, 0.25) is 0 Å². The molecular formula is C18H20N2O6. The van der Waals surface area contributed by atoms with E-state index in [-0.39, 0.29) is 24.6 Å². The van der Waals surface area contributed by atoms with E-state index in [9.17, 15) is 9.59 Å². The molecule has 8 heteroatoms. The highest BCUT2D eigenvalue weighted by atomic mass is 16.5. The lowest BCUT2D eigenvalue weighted by molar-refractivity contribution is -0.134. The van der Waals surface area contributed by atoms with Gasteiger partial charge in [0.25, 0.3) is 0 Å². The molecule has 8 nitrogen and oxygen atoms in total. The summed E-state index contributed by atoms with van der Waals surface area (Å²) in [5.74, 6) is -0.0184. The molecule has 0 aliphatic carbocycles. The maximum Gasteiger partial charge on any atom is 0.325 e. The molecule has 0 aliphatic heterocycles. The molecule has 0 unspecified atom stereocenters. The highest BCUT2D eigenvalue weighted by Crippen LogP contribution is 2.16. The summed E-state index contributed by atoms with van der Waals surface area (Å²) < 4.78 is 10.1. The van der Waals surface area contributed by atoms with E-state index in [2.05, 4.69) is 10.6 Å². The van der Waals surface area contributed by atoms with Gasteiger partial charge in [-0.3, -0.25) is 9.59 Å². The minimum absolute atomic E-state index is 0.0144. The Morgan fingerprint density at radius 2 is 1.04 bits per heavy atom. The fourth-order valence-electron chi connectivity index (χ4n) is 1.92. The minimum atomic E-state index is -0.456. The summed E-state index contributed by atoms with van der Waals surface area (Å²) in [6, 6.07) is 11.7. The van der Waals surface area contributed by atoms with Crippen molar-refractivity contribution in [2.45, 2.75) is 0 Å². The molecule has 2 aromatic carbocycles. The largest absolute Gasteiger partial charge is 0.508 e. The van der Waals surface area contributed by atoms with Gasteiger partial charge in [-0.1, -0.05) is 0 Å². The number of ether oxygens (including phenoxy) is 2. The lowest BCUT2D eigenvalue weighted by atomic mass is 10.3. The van der Waals surface area contributed by atoms with Crippen molar-refractivity contribution in [3.8, 4) is 23.0 Å². The third-order valence-corrected chi connectivity index (χ3v) is 3.15. The van der Waals surface area contributed by atoms with Gasteiger partial charge >= 0.3 is 11.9 Å². The second-order valence-electron chi connectivity index (χ2n) is 5.29. The number of carbonyl (C=O) groups excluding carboxylic acids is 2. The minimum Gasteiger partial charge on any atom is -0.508 e. The van der Waals surface area contributed by atoms with Crippen LogP contribution >= 0.6 is 0 Å². The Labute approximate surface area is 150 Å². The topological polar surface area (TPSA) is 117 Å². The van der Waals surface area contributed by atoms with Crippen molar-refractivity contribution in [3.05, 3.63) is 48.5 Å². The zero-order chi connectivity index (χ0) is 18.8. The first-order valence-electron chi connectivity index (χ1n) is 7.94. The fourth-order valence-corrected chi connectivity index (χ4v) is 1.92. The van der Waals surface area contributed by atoms with Crippen LogP contribution in [0.5, 0.6) is 23.0 Å². The lowest BCUT2D eigenvalue weighted by Crippen LogP contribution is -2.35. The maximum absolute atomic E-state index is 11.6. The molecule has 0 amide bonds. The zero-order valence-corrected chi connectivity index (χ0v) is 14.0. The third kappa shape index (κ3) is 7.20. The molecule has 0 heterocycles. The van der Waals surface area contributed by atoms with E-state index < -0.39 is 11.9 Å². The maximum atomic E-state index is 11.6. The van der Waals surface area contributed by atoms with Gasteiger partial charge in [0.05, 0.1) is 13.1 Å². The Hall–Kier alpha value is -3.10. The lowest BCUT2D eigenvalue weighted by Gasteiger charge is -2.07. The van der Waals surface area contributed by atoms with Crippen molar-refractivity contribution >= 4 is 11.9 Å². The van der Waals surface area contributed by atoms with Crippen LogP contribution in [0.3, 0.4) is 0 Å². The van der Waals surface area contributed by atoms with Crippen LogP contribution < -0.4 is 20.1 Å². The van der Waals surface area contributed by atoms with Crippen molar-refractivity contribution in [2.24, 2.45) is 0 Å². The SMILES string of the molecule is O=C(CNCCNCC(=O)Oc1ccc(O)cc1)Oc1ccc(O)cc1. The van der Waals surface area contributed by atoms with E-state index >= 15 is 0 Å². The average molecular weight is 360 g/mol. The summed E-state index contributed by atoms with van der Waals surface area (Å²) >= 11 is 0. The quantitative estimate of drug-likeness (QED) is 0.295. The molecule has 0 atom stereocenters. The highest BCUT2D eigenvalue weighted by molar-refractivity contribution is 5.75. The zero-order valence-electron chi connectivity index (χ0n) is 14.0. The first-order valence-corrected chi connectivity index (χ1v) is 7.94. The highest BCUT2D eigenvalue weighted by Gasteiger charge is 2.06. The number of hydrogen-bond acceptors (Lipinski definition) is 8. The number of hydrogen-bond donors (Lipinski definition) is 4. The molecule has 2 rings (SSSR count). The van der Waals surface area contributed by atoms with E-state index in [1.807, 2.05) is 0 Å². The summed E-state index contributed by atoms with van der Waals surface area (Å²) in [6.45, 7) is 0.940. The molecular weight excluding hydrogens is 340 g/mol. The number of benzene rings is 2. The molecule has 26 heavy (non-hydrogen) atoms. The first kappa shape index (κ1) is 19.2. The second-order valence-corrected chi connectivity index (χ2v) is 5.29. The van der Waals surface area contributed by atoms with E-state index in [1.165, 1.54) is 48.5 Å². The van der Waals surface area contributed by atoms with Gasteiger partial charge in [0.15, 0.2) is 0 Å². The summed E-state index contributed by atoms with van der Waals surface area (Å²) in [5.41, 5.74) is 0. The van der Waals surface area contributed by atoms with Crippen molar-refractivity contribution < 1.29 is 29.3 Å². The number of aromatic hydroxyl groups is 2. The Bertz CT molecular complexity index is 652. The summed E-state index contributed by atoms with van der Waals surface area (Å²) in [6.07, 6.45) is 0. The van der Waals surface area contributed by atoms with E-state index in [0.717, 1.165) is 0 Å². The standard InChI is InChI=1S/C18H20N2O6/c21-13-1-5-15(6-2-13)25-17(23)11-19-9-10-20-12-18(24)26-16-7-3-14(22)4-8-16/h1-8,19-22H,9-12H2. The van der Waals surface area contributed by atoms with Gasteiger partial charge in [-0.15, -0.1) is 0 Å². The van der Waals surface area contributed by atoms with Crippen LogP contribution in [0, 0.1) is 0 Å². The first-order chi connectivity index (χ1) is 12.5. The third-order valence-electron chi connectivity index (χ3n) is 3.15. The van der Waals surface area contributed by atoms with Crippen molar-refractivity contribution in [1.82, 2.24) is 10.6 Å². The Morgan fingerprint density at radius 3 is 1.38 bits per heavy atom. The number of carbonyl (C=O) groups is 2. The normalized spacial score (nSPS) is 10.3. The monoisotopic (exact) mass is 360 g/mol. The van der Waals surface area contributed by atoms with Gasteiger partial charge in [0.2, 0.25) is 0 Å². The van der Waals surface area contributed by atoms with Crippen LogP contribution in [-0.4, -0.2) is 48.3 Å². The van der Waals surface area contributed by atoms with Crippen LogP contribution in [-0.2, 0) is 9.59 Å². The Morgan fingerprint density at radius 1 is 0.692 bits per heavy atom. The van der Waals surface area contributed by atoms with Gasteiger partial charge in [-0.2, -0.15) is 0 Å². The molecule has 4 N–H and O–H groups in total. The van der Waals surface area contributed by atoms with Crippen LogP contribution in [0.4, 0.5) is 0 Å². The Kier molecular flexibility index (Phi) is 7.41. The van der Waals surface area contributed by atoms with Crippen LogP contribution in [0.25, 0.3) is 0 Å². The van der Waals surface area contributed by atoms with Gasteiger partial charge in [0.1, 0.15) is 23.0 Å². The number of phenolic OH excluding ortho intramolecular Hbond substituents is 2. The molecule has 138 valence electrons. The van der Waals surface area contributed by atoms with E-state index in [1.54, 1.807) is 0 Å². The van der Waals surface area contributed by atoms with Crippen molar-refractivity contribution in [2.75, 3.05) is 26.2 Å². The molecule has 2 aromatic rings. The van der Waals surface area contributed by atoms with E-state index in [0.29, 0.717) is 24.6 Å². The molecule has 0 aromatic heterocycles. The average Bonchev–Trinajstić information content (AvgIpc) is 2.62. The fraction of sp³-hybridized carbons (Fsp3) is 0.222. The number of nitrogens with one attached hydrogen (secondary N) is 2. The molecule has 0 saturated heterocycles. The van der Waals surface area contributed by atoms with Crippen molar-refractivity contribution in [3.63, 3.8) is 0 Å². The molecule has 0 bridgehead atoms. The second kappa shape index (κ2) is 10.0. The van der Waals surface area contributed by atoms with E-state index in [4.69, 9.17) is 19.7 Å². The molecule has 0 saturated carbocycles. The summed E-state index contributed by atoms with van der Waals surface area (Å²) in [4.78, 5) is 23.2. The van der Waals surface area contributed by atoms with Crippen LogP contribution in [0.15, 0.2) is 48.5 Å². The summed E-state index contributed by atoms with van der Waals surface area (Å²) in [5, 5.41) is 24.0. The van der Waals surface area contributed by atoms with Crippen molar-refractivity contribution in [1.29, 1.82) is 0 Å². The smallest absolute Gasteiger partial charge is 0.325 e. The number of esters is 2. The summed E-state index contributed by atoms with van der Waals surface area (Å²) in [7, 11) is 0. The molecule has 0 aliphatic rings.